The molecule has 2 nitrogen and oxygen atoms in total. The molecule has 1 aromatic rings. The third kappa shape index (κ3) is 4.49. The van der Waals surface area contributed by atoms with Crippen LogP contribution in [0, 0.1) is 6.92 Å². The molecule has 1 rings (SSSR count). The van der Waals surface area contributed by atoms with E-state index in [4.69, 9.17) is 11.6 Å². The van der Waals surface area contributed by atoms with Gasteiger partial charge in [-0.25, -0.2) is 4.98 Å². The van der Waals surface area contributed by atoms with E-state index in [1.807, 2.05) is 25.1 Å². The van der Waals surface area contributed by atoms with Crippen molar-refractivity contribution in [3.05, 3.63) is 34.6 Å². The van der Waals surface area contributed by atoms with Gasteiger partial charge >= 0.3 is 0 Å². The molecule has 4 heteroatoms. The maximum absolute atomic E-state index is 10.7. The van der Waals surface area contributed by atoms with Crippen LogP contribution in [0.4, 0.5) is 0 Å². The Bertz CT molecular complexity index is 390. The second-order valence-corrected chi connectivity index (χ2v) is 4.65. The van der Waals surface area contributed by atoms with E-state index in [2.05, 4.69) is 4.98 Å². The summed E-state index contributed by atoms with van der Waals surface area (Å²) < 4.78 is 0. The number of hydrogen-bond acceptors (Lipinski definition) is 3. The first-order valence-electron chi connectivity index (χ1n) is 4.51. The molecule has 0 saturated carbocycles. The molecule has 0 radical (unpaired) electrons. The number of thioether (sulfide) groups is 1. The highest BCUT2D eigenvalue weighted by atomic mass is 35.5. The molecular formula is C11H12ClNOS. The minimum Gasteiger partial charge on any atom is -0.288 e. The molecular weight excluding hydrogens is 230 g/mol. The minimum atomic E-state index is 0.119. The van der Waals surface area contributed by atoms with Crippen LogP contribution in [0.2, 0.25) is 5.15 Å². The molecule has 0 N–H and O–H groups in total. The van der Waals surface area contributed by atoms with E-state index in [1.165, 1.54) is 11.8 Å². The average Bonchev–Trinajstić information content (AvgIpc) is 2.17. The Hall–Kier alpha value is -0.800. The van der Waals surface area contributed by atoms with Crippen LogP contribution in [0.5, 0.6) is 0 Å². The van der Waals surface area contributed by atoms with E-state index in [0.717, 1.165) is 11.1 Å². The van der Waals surface area contributed by atoms with Crippen LogP contribution in [0.1, 0.15) is 18.1 Å². The second-order valence-electron chi connectivity index (χ2n) is 3.10. The van der Waals surface area contributed by atoms with E-state index in [9.17, 15) is 4.79 Å². The highest BCUT2D eigenvalue weighted by molar-refractivity contribution is 8.13. The maximum Gasteiger partial charge on any atom is 0.186 e. The fraction of sp³-hybridized carbons (Fsp3) is 0.273. The van der Waals surface area contributed by atoms with Crippen LogP contribution in [-0.2, 0) is 4.79 Å². The monoisotopic (exact) mass is 241 g/mol. The summed E-state index contributed by atoms with van der Waals surface area (Å²) in [6, 6.07) is 1.96. The van der Waals surface area contributed by atoms with Gasteiger partial charge in [0.15, 0.2) is 5.12 Å². The van der Waals surface area contributed by atoms with E-state index in [-0.39, 0.29) is 5.12 Å². The summed E-state index contributed by atoms with van der Waals surface area (Å²) >= 11 is 7.17. The summed E-state index contributed by atoms with van der Waals surface area (Å²) in [6.07, 6.45) is 5.52. The lowest BCUT2D eigenvalue weighted by molar-refractivity contribution is -0.109. The van der Waals surface area contributed by atoms with Crippen molar-refractivity contribution in [3.63, 3.8) is 0 Å². The van der Waals surface area contributed by atoms with Crippen LogP contribution >= 0.6 is 23.4 Å². The highest BCUT2D eigenvalue weighted by Crippen LogP contribution is 2.16. The Labute approximate surface area is 98.7 Å². The number of pyridine rings is 1. The van der Waals surface area contributed by atoms with Gasteiger partial charge in [0.1, 0.15) is 5.15 Å². The van der Waals surface area contributed by atoms with Crippen molar-refractivity contribution in [2.24, 2.45) is 0 Å². The quantitative estimate of drug-likeness (QED) is 0.761. The fourth-order valence-corrected chi connectivity index (χ4v) is 1.63. The molecule has 0 bridgehead atoms. The van der Waals surface area contributed by atoms with Crippen molar-refractivity contribution < 1.29 is 4.79 Å². The van der Waals surface area contributed by atoms with Gasteiger partial charge in [-0.1, -0.05) is 35.5 Å². The highest BCUT2D eigenvalue weighted by Gasteiger charge is 1.97. The number of aromatic nitrogens is 1. The first-order valence-corrected chi connectivity index (χ1v) is 5.88. The first kappa shape index (κ1) is 12.3. The molecule has 0 atom stereocenters. The van der Waals surface area contributed by atoms with Gasteiger partial charge in [0.2, 0.25) is 0 Å². The zero-order valence-corrected chi connectivity index (χ0v) is 10.2. The van der Waals surface area contributed by atoms with Crippen molar-refractivity contribution in [2.75, 3.05) is 5.75 Å². The van der Waals surface area contributed by atoms with Crippen molar-refractivity contribution in [1.82, 2.24) is 4.98 Å². The van der Waals surface area contributed by atoms with E-state index < -0.39 is 0 Å². The van der Waals surface area contributed by atoms with E-state index in [0.29, 0.717) is 10.9 Å². The number of carbonyl (C=O) groups excluding carboxylic acids is 1. The van der Waals surface area contributed by atoms with Crippen molar-refractivity contribution in [2.45, 2.75) is 13.8 Å². The van der Waals surface area contributed by atoms with Gasteiger partial charge in [-0.2, -0.15) is 0 Å². The van der Waals surface area contributed by atoms with Gasteiger partial charge in [-0.05, 0) is 18.6 Å². The van der Waals surface area contributed by atoms with E-state index >= 15 is 0 Å². The summed E-state index contributed by atoms with van der Waals surface area (Å²) in [7, 11) is 0. The third-order valence-electron chi connectivity index (χ3n) is 1.68. The Morgan fingerprint density at radius 1 is 1.67 bits per heavy atom. The summed E-state index contributed by atoms with van der Waals surface area (Å²) in [5.41, 5.74) is 1.96. The summed E-state index contributed by atoms with van der Waals surface area (Å²) in [6.45, 7) is 3.52. The zero-order valence-electron chi connectivity index (χ0n) is 8.66. The van der Waals surface area contributed by atoms with Crippen LogP contribution in [-0.4, -0.2) is 15.9 Å². The normalized spacial score (nSPS) is 10.9. The van der Waals surface area contributed by atoms with Gasteiger partial charge in [-0.3, -0.25) is 4.79 Å². The zero-order chi connectivity index (χ0) is 11.3. The van der Waals surface area contributed by atoms with Crippen molar-refractivity contribution >= 4 is 34.6 Å². The van der Waals surface area contributed by atoms with Crippen molar-refractivity contribution in [1.29, 1.82) is 0 Å². The molecule has 0 aliphatic rings. The Morgan fingerprint density at radius 2 is 2.40 bits per heavy atom. The van der Waals surface area contributed by atoms with Crippen LogP contribution in [0.3, 0.4) is 0 Å². The summed E-state index contributed by atoms with van der Waals surface area (Å²) in [4.78, 5) is 14.7. The number of rotatable bonds is 3. The van der Waals surface area contributed by atoms with Crippen LogP contribution in [0.15, 0.2) is 18.3 Å². The van der Waals surface area contributed by atoms with Gasteiger partial charge < -0.3 is 0 Å². The largest absolute Gasteiger partial charge is 0.288 e. The third-order valence-corrected chi connectivity index (χ3v) is 2.76. The molecule has 0 amide bonds. The molecule has 15 heavy (non-hydrogen) atoms. The van der Waals surface area contributed by atoms with Crippen LogP contribution in [0.25, 0.3) is 6.08 Å². The average molecular weight is 242 g/mol. The molecule has 0 aliphatic carbocycles. The van der Waals surface area contributed by atoms with Gasteiger partial charge in [-0.15, -0.1) is 0 Å². The Balaban J connectivity index is 2.63. The predicted molar refractivity (Wildman–Crippen MR) is 66.2 cm³/mol. The van der Waals surface area contributed by atoms with Gasteiger partial charge in [0.05, 0.1) is 0 Å². The molecule has 0 spiro atoms. The lowest BCUT2D eigenvalue weighted by Crippen LogP contribution is -1.84. The molecule has 0 aromatic carbocycles. The Kier molecular flexibility index (Phi) is 4.85. The fourth-order valence-electron chi connectivity index (χ4n) is 1.03. The standard InChI is InChI=1S/C11H12ClNOS/c1-8-6-10(11(12)13-7-8)4-3-5-15-9(2)14/h3-4,6-7H,5H2,1-2H3. The number of aryl methyl sites for hydroxylation is 1. The smallest absolute Gasteiger partial charge is 0.186 e. The molecule has 0 aliphatic heterocycles. The van der Waals surface area contributed by atoms with E-state index in [1.54, 1.807) is 13.1 Å². The SMILES string of the molecule is CC(=O)SCC=Cc1cc(C)cnc1Cl. The molecule has 1 heterocycles. The number of carbonyl (C=O) groups is 1. The molecule has 0 fully saturated rings. The lowest BCUT2D eigenvalue weighted by Gasteiger charge is -1.98. The number of nitrogens with zero attached hydrogens (tertiary/aromatic N) is 1. The predicted octanol–water partition coefficient (Wildman–Crippen LogP) is 3.34. The Morgan fingerprint density at radius 3 is 3.07 bits per heavy atom. The molecule has 80 valence electrons. The number of halogens is 1. The first-order chi connectivity index (χ1) is 7.09. The maximum atomic E-state index is 10.7. The number of hydrogen-bond donors (Lipinski definition) is 0. The molecule has 0 saturated heterocycles. The lowest BCUT2D eigenvalue weighted by atomic mass is 10.2. The summed E-state index contributed by atoms with van der Waals surface area (Å²) in [5.74, 6) is 0.666. The molecule has 1 aromatic heterocycles. The summed E-state index contributed by atoms with van der Waals surface area (Å²) in [5, 5.41) is 0.609. The molecule has 0 unspecified atom stereocenters. The van der Waals surface area contributed by atoms with Gasteiger partial charge in [0, 0.05) is 24.4 Å². The minimum absolute atomic E-state index is 0.119. The van der Waals surface area contributed by atoms with Crippen molar-refractivity contribution in [3.8, 4) is 0 Å². The van der Waals surface area contributed by atoms with Gasteiger partial charge in [0.25, 0.3) is 0 Å². The second kappa shape index (κ2) is 5.93. The van der Waals surface area contributed by atoms with Crippen LogP contribution < -0.4 is 0 Å². The topological polar surface area (TPSA) is 30.0 Å².